The van der Waals surface area contributed by atoms with Gasteiger partial charge in [-0.05, 0) is 66.0 Å². The van der Waals surface area contributed by atoms with Crippen LogP contribution < -0.4 is 5.32 Å². The Bertz CT molecular complexity index is 903. The molecule has 3 aromatic rings. The molecule has 0 saturated heterocycles. The summed E-state index contributed by atoms with van der Waals surface area (Å²) in [5.41, 5.74) is 4.94. The van der Waals surface area contributed by atoms with Crippen LogP contribution in [0.2, 0.25) is 0 Å². The smallest absolute Gasteiger partial charge is 0.244 e. The van der Waals surface area contributed by atoms with Crippen LogP contribution in [0.1, 0.15) is 42.5 Å². The number of thiophene rings is 1. The molecule has 6 nitrogen and oxygen atoms in total. The molecule has 1 N–H and O–H groups in total. The Hall–Kier alpha value is -2.54. The molecular weight excluding hydrogens is 346 g/mol. The first-order chi connectivity index (χ1) is 12.7. The van der Waals surface area contributed by atoms with Gasteiger partial charge in [0, 0.05) is 10.9 Å². The topological polar surface area (TPSA) is 72.7 Å². The van der Waals surface area contributed by atoms with Crippen molar-refractivity contribution in [3.8, 4) is 11.4 Å². The first-order valence-electron chi connectivity index (χ1n) is 8.90. The van der Waals surface area contributed by atoms with Gasteiger partial charge in [0.1, 0.15) is 6.54 Å². The highest BCUT2D eigenvalue weighted by molar-refractivity contribution is 7.08. The molecule has 0 fully saturated rings. The number of carbonyl (C=O) groups is 1. The average molecular weight is 367 g/mol. The number of amides is 1. The predicted molar refractivity (Wildman–Crippen MR) is 101 cm³/mol. The summed E-state index contributed by atoms with van der Waals surface area (Å²) in [7, 11) is 0. The summed E-state index contributed by atoms with van der Waals surface area (Å²) in [6.45, 7) is 2.07. The van der Waals surface area contributed by atoms with Crippen LogP contribution in [0.4, 0.5) is 0 Å². The normalized spacial score (nSPS) is 14.7. The molecule has 1 aliphatic carbocycles. The fraction of sp³-hybridized carbons (Fsp3) is 0.368. The molecule has 1 amide bonds. The second-order valence-corrected chi connectivity index (χ2v) is 7.46. The molecule has 1 aliphatic rings. The molecule has 4 rings (SSSR count). The highest BCUT2D eigenvalue weighted by Crippen LogP contribution is 2.24. The third kappa shape index (κ3) is 3.67. The van der Waals surface area contributed by atoms with Crippen LogP contribution in [0.3, 0.4) is 0 Å². The molecule has 7 heteroatoms. The molecule has 1 atom stereocenters. The first kappa shape index (κ1) is 16.9. The summed E-state index contributed by atoms with van der Waals surface area (Å²) in [6.07, 6.45) is 4.83. The van der Waals surface area contributed by atoms with Gasteiger partial charge >= 0.3 is 0 Å². The Morgan fingerprint density at radius 3 is 2.92 bits per heavy atom. The molecule has 0 radical (unpaired) electrons. The van der Waals surface area contributed by atoms with E-state index in [1.807, 2.05) is 23.8 Å². The van der Waals surface area contributed by atoms with Crippen LogP contribution in [0.25, 0.3) is 11.4 Å². The van der Waals surface area contributed by atoms with Crippen molar-refractivity contribution >= 4 is 17.2 Å². The van der Waals surface area contributed by atoms with Gasteiger partial charge in [0.05, 0.1) is 6.04 Å². The lowest BCUT2D eigenvalue weighted by atomic mass is 9.89. The molecule has 1 aromatic carbocycles. The van der Waals surface area contributed by atoms with Crippen LogP contribution >= 0.6 is 11.3 Å². The van der Waals surface area contributed by atoms with Crippen molar-refractivity contribution in [1.29, 1.82) is 0 Å². The van der Waals surface area contributed by atoms with E-state index in [1.54, 1.807) is 11.3 Å². The van der Waals surface area contributed by atoms with E-state index >= 15 is 0 Å². The zero-order valence-corrected chi connectivity index (χ0v) is 15.5. The van der Waals surface area contributed by atoms with E-state index in [1.165, 1.54) is 35.2 Å². The summed E-state index contributed by atoms with van der Waals surface area (Å²) in [5.74, 6) is 0.422. The third-order valence-corrected chi connectivity index (χ3v) is 5.45. The molecule has 0 spiro atoms. The highest BCUT2D eigenvalue weighted by atomic mass is 32.1. The van der Waals surface area contributed by atoms with Crippen molar-refractivity contribution in [3.05, 3.63) is 51.7 Å². The summed E-state index contributed by atoms with van der Waals surface area (Å²) < 4.78 is 0. The summed E-state index contributed by atoms with van der Waals surface area (Å²) in [4.78, 5) is 13.7. The minimum atomic E-state index is -0.121. The average Bonchev–Trinajstić information content (AvgIpc) is 3.32. The van der Waals surface area contributed by atoms with Crippen LogP contribution in [0.5, 0.6) is 0 Å². The maximum absolute atomic E-state index is 12.3. The van der Waals surface area contributed by atoms with Crippen molar-refractivity contribution in [1.82, 2.24) is 25.5 Å². The number of fused-ring (bicyclic) bond motifs is 1. The molecule has 0 unspecified atom stereocenters. The largest absolute Gasteiger partial charge is 0.348 e. The lowest BCUT2D eigenvalue weighted by Crippen LogP contribution is -2.31. The van der Waals surface area contributed by atoms with E-state index in [0.29, 0.717) is 5.82 Å². The van der Waals surface area contributed by atoms with Crippen molar-refractivity contribution in [2.24, 2.45) is 0 Å². The zero-order chi connectivity index (χ0) is 17.9. The Labute approximate surface area is 156 Å². The molecule has 0 saturated carbocycles. The van der Waals surface area contributed by atoms with E-state index in [-0.39, 0.29) is 18.5 Å². The SMILES string of the molecule is C[C@@H](NC(=O)Cn1nnc(-c2ccsc2)n1)c1ccc2c(c1)CCCC2. The predicted octanol–water partition coefficient (Wildman–Crippen LogP) is 3.16. The maximum Gasteiger partial charge on any atom is 0.244 e. The number of hydrogen-bond donors (Lipinski definition) is 1. The second kappa shape index (κ2) is 7.37. The summed E-state index contributed by atoms with van der Waals surface area (Å²) in [6, 6.07) is 8.46. The number of benzene rings is 1. The third-order valence-electron chi connectivity index (χ3n) is 4.77. The Balaban J connectivity index is 1.38. The number of nitrogens with zero attached hydrogens (tertiary/aromatic N) is 4. The summed E-state index contributed by atoms with van der Waals surface area (Å²) in [5, 5.41) is 19.2. The van der Waals surface area contributed by atoms with Gasteiger partial charge in [-0.3, -0.25) is 4.79 Å². The minimum Gasteiger partial charge on any atom is -0.348 e. The number of aromatic nitrogens is 4. The Morgan fingerprint density at radius 2 is 2.12 bits per heavy atom. The molecule has 0 aliphatic heterocycles. The highest BCUT2D eigenvalue weighted by Gasteiger charge is 2.15. The number of carbonyl (C=O) groups excluding carboxylic acids is 1. The molecule has 2 heterocycles. The monoisotopic (exact) mass is 367 g/mol. The van der Waals surface area contributed by atoms with Crippen LogP contribution in [0.15, 0.2) is 35.0 Å². The van der Waals surface area contributed by atoms with Gasteiger partial charge in [0.15, 0.2) is 0 Å². The molecule has 2 aromatic heterocycles. The lowest BCUT2D eigenvalue weighted by molar-refractivity contribution is -0.122. The van der Waals surface area contributed by atoms with E-state index < -0.39 is 0 Å². The molecular formula is C19H21N5OS. The fourth-order valence-corrected chi connectivity index (χ4v) is 3.97. The minimum absolute atomic E-state index is 0.0467. The van der Waals surface area contributed by atoms with Crippen LogP contribution in [-0.4, -0.2) is 26.1 Å². The van der Waals surface area contributed by atoms with Crippen LogP contribution in [-0.2, 0) is 24.2 Å². The maximum atomic E-state index is 12.3. The van der Waals surface area contributed by atoms with Gasteiger partial charge in [0.25, 0.3) is 0 Å². The number of aryl methyl sites for hydroxylation is 2. The summed E-state index contributed by atoms with van der Waals surface area (Å²) >= 11 is 1.58. The van der Waals surface area contributed by atoms with Gasteiger partial charge in [-0.2, -0.15) is 16.1 Å². The van der Waals surface area contributed by atoms with Gasteiger partial charge in [-0.1, -0.05) is 18.2 Å². The molecule has 0 bridgehead atoms. The van der Waals surface area contributed by atoms with Crippen molar-refractivity contribution in [2.45, 2.75) is 45.2 Å². The van der Waals surface area contributed by atoms with Gasteiger partial charge in [-0.15, -0.1) is 10.2 Å². The first-order valence-corrected chi connectivity index (χ1v) is 9.85. The van der Waals surface area contributed by atoms with Crippen molar-refractivity contribution in [2.75, 3.05) is 0 Å². The van der Waals surface area contributed by atoms with E-state index in [9.17, 15) is 4.79 Å². The zero-order valence-electron chi connectivity index (χ0n) is 14.7. The second-order valence-electron chi connectivity index (χ2n) is 6.68. The van der Waals surface area contributed by atoms with E-state index in [4.69, 9.17) is 0 Å². The van der Waals surface area contributed by atoms with Crippen LogP contribution in [0, 0.1) is 0 Å². The molecule has 134 valence electrons. The van der Waals surface area contributed by atoms with E-state index in [2.05, 4.69) is 38.9 Å². The van der Waals surface area contributed by atoms with Gasteiger partial charge < -0.3 is 5.32 Å². The van der Waals surface area contributed by atoms with Crippen molar-refractivity contribution in [3.63, 3.8) is 0 Å². The van der Waals surface area contributed by atoms with Gasteiger partial charge in [-0.25, -0.2) is 0 Å². The Kier molecular flexibility index (Phi) is 4.79. The standard InChI is InChI=1S/C19H21N5OS/c1-13(15-7-6-14-4-2-3-5-16(14)10-15)20-18(25)11-24-22-19(21-23-24)17-8-9-26-12-17/h6-10,12-13H,2-5,11H2,1H3,(H,20,25)/t13-/m1/s1. The van der Waals surface area contributed by atoms with Gasteiger partial charge in [0.2, 0.25) is 11.7 Å². The number of tetrazole rings is 1. The quantitative estimate of drug-likeness (QED) is 0.752. The lowest BCUT2D eigenvalue weighted by Gasteiger charge is -2.20. The van der Waals surface area contributed by atoms with Crippen molar-refractivity contribution < 1.29 is 4.79 Å². The number of hydrogen-bond acceptors (Lipinski definition) is 5. The Morgan fingerprint density at radius 1 is 1.27 bits per heavy atom. The fourth-order valence-electron chi connectivity index (χ4n) is 3.34. The number of nitrogens with one attached hydrogen (secondary N) is 1. The molecule has 26 heavy (non-hydrogen) atoms. The van der Waals surface area contributed by atoms with E-state index in [0.717, 1.165) is 17.5 Å². The number of rotatable bonds is 5.